The molecule has 1 aliphatic rings. The van der Waals surface area contributed by atoms with Crippen LogP contribution < -0.4 is 4.74 Å². The fraction of sp³-hybridized carbons (Fsp3) is 0. The van der Waals surface area contributed by atoms with Gasteiger partial charge in [0.1, 0.15) is 11.5 Å². The molecule has 0 unspecified atom stereocenters. The van der Waals surface area contributed by atoms with Gasteiger partial charge in [-0.15, -0.1) is 0 Å². The Hall–Kier alpha value is -6.26. The van der Waals surface area contributed by atoms with Gasteiger partial charge in [-0.05, 0) is 48.5 Å². The average molecular weight is 590 g/mol. The molecule has 0 amide bonds. The fourth-order valence-electron chi connectivity index (χ4n) is 6.46. The fourth-order valence-corrected chi connectivity index (χ4v) is 6.46. The largest absolute Gasteiger partial charge is 0.456 e. The van der Waals surface area contributed by atoms with Gasteiger partial charge in [0.25, 0.3) is 0 Å². The first-order valence-electron chi connectivity index (χ1n) is 15.4. The van der Waals surface area contributed by atoms with Gasteiger partial charge >= 0.3 is 0 Å². The summed E-state index contributed by atoms with van der Waals surface area (Å²) in [6.07, 6.45) is 4.33. The van der Waals surface area contributed by atoms with E-state index in [0.29, 0.717) is 5.82 Å². The van der Waals surface area contributed by atoms with E-state index in [4.69, 9.17) is 14.7 Å². The molecule has 1 aliphatic heterocycles. The molecule has 216 valence electrons. The van der Waals surface area contributed by atoms with Gasteiger partial charge in [0, 0.05) is 44.3 Å². The van der Waals surface area contributed by atoms with Gasteiger partial charge in [-0.2, -0.15) is 0 Å². The van der Waals surface area contributed by atoms with Gasteiger partial charge in [0.05, 0.1) is 22.4 Å². The molecule has 0 atom stereocenters. The van der Waals surface area contributed by atoms with Crippen molar-refractivity contribution >= 4 is 34.0 Å². The molecule has 0 saturated carbocycles. The molecule has 4 nitrogen and oxygen atoms in total. The van der Waals surface area contributed by atoms with Crippen LogP contribution in [-0.4, -0.2) is 14.5 Å². The van der Waals surface area contributed by atoms with Gasteiger partial charge in [-0.1, -0.05) is 115 Å². The van der Waals surface area contributed by atoms with Crippen LogP contribution in [0.1, 0.15) is 11.1 Å². The topological polar surface area (TPSA) is 39.9 Å². The van der Waals surface area contributed by atoms with Crippen molar-refractivity contribution in [2.75, 3.05) is 0 Å². The van der Waals surface area contributed by atoms with Crippen LogP contribution in [0, 0.1) is 0 Å². The number of hydrogen-bond donors (Lipinski definition) is 0. The average Bonchev–Trinajstić information content (AvgIpc) is 3.34. The molecule has 0 spiro atoms. The van der Waals surface area contributed by atoms with Crippen LogP contribution in [0.5, 0.6) is 11.5 Å². The van der Waals surface area contributed by atoms with Crippen molar-refractivity contribution in [2.24, 2.45) is 0 Å². The van der Waals surface area contributed by atoms with Gasteiger partial charge in [0.15, 0.2) is 5.82 Å². The lowest BCUT2D eigenvalue weighted by atomic mass is 10.1. The van der Waals surface area contributed by atoms with E-state index in [-0.39, 0.29) is 0 Å². The molecule has 0 bridgehead atoms. The second-order valence-corrected chi connectivity index (χ2v) is 11.4. The molecular formula is C42H27N3O. The predicted octanol–water partition coefficient (Wildman–Crippen LogP) is 10.9. The normalized spacial score (nSPS) is 12.0. The standard InChI is InChI=1S/C42H27N3O/c1-3-12-28(13-4-1)36-27-37(44-42(43-36)30-15-5-2-6-16-30)31-17-11-18-32(26-31)45-38-20-9-8-19-33(38)34-24-25-40-35(41(34)45)23-22-29-14-7-10-21-39(29)46-40/h1-27H. The zero-order valence-corrected chi connectivity index (χ0v) is 24.8. The number of rotatable bonds is 4. The summed E-state index contributed by atoms with van der Waals surface area (Å²) in [6.45, 7) is 0. The minimum Gasteiger partial charge on any atom is -0.456 e. The van der Waals surface area contributed by atoms with Gasteiger partial charge in [-0.3, -0.25) is 0 Å². The molecule has 3 heterocycles. The Morgan fingerprint density at radius 3 is 2.02 bits per heavy atom. The molecule has 2 aromatic heterocycles. The van der Waals surface area contributed by atoms with Crippen molar-refractivity contribution < 1.29 is 4.74 Å². The van der Waals surface area contributed by atoms with Crippen LogP contribution in [0.3, 0.4) is 0 Å². The molecule has 4 heteroatoms. The third-order valence-electron chi connectivity index (χ3n) is 8.63. The molecule has 0 fully saturated rings. The minimum atomic E-state index is 0.700. The van der Waals surface area contributed by atoms with Gasteiger partial charge < -0.3 is 9.30 Å². The highest BCUT2D eigenvalue weighted by Crippen LogP contribution is 2.42. The Bertz CT molecular complexity index is 2380. The zero-order chi connectivity index (χ0) is 30.5. The molecule has 0 saturated heterocycles. The quantitative estimate of drug-likeness (QED) is 0.205. The zero-order valence-electron chi connectivity index (χ0n) is 24.8. The molecule has 0 N–H and O–H groups in total. The molecule has 8 aromatic rings. The lowest BCUT2D eigenvalue weighted by Gasteiger charge is -2.14. The molecular weight excluding hydrogens is 562 g/mol. The number of para-hydroxylation sites is 2. The molecule has 46 heavy (non-hydrogen) atoms. The summed E-state index contributed by atoms with van der Waals surface area (Å²) in [5.74, 6) is 2.39. The highest BCUT2D eigenvalue weighted by atomic mass is 16.5. The third kappa shape index (κ3) is 4.39. The van der Waals surface area contributed by atoms with Crippen LogP contribution in [-0.2, 0) is 0 Å². The Kier molecular flexibility index (Phi) is 6.10. The molecule has 0 aliphatic carbocycles. The summed E-state index contributed by atoms with van der Waals surface area (Å²) in [5.41, 5.74) is 10.2. The van der Waals surface area contributed by atoms with E-state index in [1.165, 1.54) is 10.8 Å². The summed E-state index contributed by atoms with van der Waals surface area (Å²) in [6, 6.07) is 52.2. The second-order valence-electron chi connectivity index (χ2n) is 11.4. The maximum absolute atomic E-state index is 6.51. The Labute approximate surface area is 266 Å². The van der Waals surface area contributed by atoms with Crippen LogP contribution in [0.2, 0.25) is 0 Å². The van der Waals surface area contributed by atoms with E-state index in [2.05, 4.69) is 114 Å². The summed E-state index contributed by atoms with van der Waals surface area (Å²) in [4.78, 5) is 10.1. The highest BCUT2D eigenvalue weighted by molar-refractivity contribution is 6.13. The van der Waals surface area contributed by atoms with E-state index in [0.717, 1.165) is 67.4 Å². The third-order valence-corrected chi connectivity index (χ3v) is 8.63. The Morgan fingerprint density at radius 1 is 0.478 bits per heavy atom. The predicted molar refractivity (Wildman–Crippen MR) is 188 cm³/mol. The number of hydrogen-bond acceptors (Lipinski definition) is 3. The molecule has 6 aromatic carbocycles. The van der Waals surface area contributed by atoms with Crippen LogP contribution in [0.4, 0.5) is 0 Å². The summed E-state index contributed by atoms with van der Waals surface area (Å²) < 4.78 is 8.86. The van der Waals surface area contributed by atoms with E-state index in [1.54, 1.807) is 0 Å². The first-order chi connectivity index (χ1) is 22.8. The monoisotopic (exact) mass is 589 g/mol. The van der Waals surface area contributed by atoms with E-state index in [1.807, 2.05) is 54.6 Å². The Morgan fingerprint density at radius 2 is 1.17 bits per heavy atom. The van der Waals surface area contributed by atoms with Crippen molar-refractivity contribution in [2.45, 2.75) is 0 Å². The van der Waals surface area contributed by atoms with Crippen molar-refractivity contribution in [3.8, 4) is 51.1 Å². The maximum atomic E-state index is 6.51. The minimum absolute atomic E-state index is 0.700. The van der Waals surface area contributed by atoms with Gasteiger partial charge in [-0.25, -0.2) is 9.97 Å². The SMILES string of the molecule is C1=Cc2c(ccc3c4ccccc4n(-c4cccc(-c5cc(-c6ccccc6)nc(-c6ccccc6)n5)c4)c23)Oc2ccccc21. The number of nitrogens with zero attached hydrogens (tertiary/aromatic N) is 3. The second kappa shape index (κ2) is 10.7. The summed E-state index contributed by atoms with van der Waals surface area (Å²) in [7, 11) is 0. The van der Waals surface area contributed by atoms with Crippen molar-refractivity contribution in [3.63, 3.8) is 0 Å². The first-order valence-corrected chi connectivity index (χ1v) is 15.4. The van der Waals surface area contributed by atoms with E-state index >= 15 is 0 Å². The van der Waals surface area contributed by atoms with Crippen molar-refractivity contribution in [1.29, 1.82) is 0 Å². The molecule has 9 rings (SSSR count). The number of ether oxygens (including phenoxy) is 1. The number of aromatic nitrogens is 3. The summed E-state index contributed by atoms with van der Waals surface area (Å²) >= 11 is 0. The van der Waals surface area contributed by atoms with Gasteiger partial charge in [0.2, 0.25) is 0 Å². The molecule has 0 radical (unpaired) electrons. The lowest BCUT2D eigenvalue weighted by molar-refractivity contribution is 0.482. The first kappa shape index (κ1) is 26.2. The number of benzene rings is 6. The van der Waals surface area contributed by atoms with Crippen LogP contribution >= 0.6 is 0 Å². The van der Waals surface area contributed by atoms with Crippen LogP contribution in [0.15, 0.2) is 152 Å². The van der Waals surface area contributed by atoms with Crippen LogP contribution in [0.25, 0.3) is 73.5 Å². The van der Waals surface area contributed by atoms with E-state index < -0.39 is 0 Å². The van der Waals surface area contributed by atoms with E-state index in [9.17, 15) is 0 Å². The van der Waals surface area contributed by atoms with Crippen molar-refractivity contribution in [1.82, 2.24) is 14.5 Å². The maximum Gasteiger partial charge on any atom is 0.160 e. The summed E-state index contributed by atoms with van der Waals surface area (Å²) in [5, 5.41) is 2.37. The Balaban J connectivity index is 1.26. The smallest absolute Gasteiger partial charge is 0.160 e. The lowest BCUT2D eigenvalue weighted by Crippen LogP contribution is -1.99. The number of fused-ring (bicyclic) bond motifs is 6. The van der Waals surface area contributed by atoms with Crippen molar-refractivity contribution in [3.05, 3.63) is 163 Å². The highest BCUT2D eigenvalue weighted by Gasteiger charge is 2.20.